The first-order valence-corrected chi connectivity index (χ1v) is 6.75. The Morgan fingerprint density at radius 2 is 2.06 bits per heavy atom. The third-order valence-electron chi connectivity index (χ3n) is 3.06. The fraction of sp³-hybridized carbons (Fsp3) is 0.636. The number of aromatic nitrogens is 2. The Labute approximate surface area is 110 Å². The molecule has 0 aromatic carbocycles. The predicted octanol–water partition coefficient (Wildman–Crippen LogP) is 1.61. The highest BCUT2D eigenvalue weighted by atomic mass is 127. The van der Waals surface area contributed by atoms with Crippen molar-refractivity contribution in [2.45, 2.75) is 19.9 Å². The third-order valence-corrected chi connectivity index (χ3v) is 3.62. The maximum atomic E-state index is 4.38. The molecule has 0 bridgehead atoms. The van der Waals surface area contributed by atoms with E-state index in [2.05, 4.69) is 56.2 Å². The normalized spacial score (nSPS) is 22.4. The van der Waals surface area contributed by atoms with Crippen LogP contribution >= 0.6 is 22.6 Å². The summed E-state index contributed by atoms with van der Waals surface area (Å²) < 4.78 is 1.08. The summed E-state index contributed by atoms with van der Waals surface area (Å²) in [5, 5.41) is 0. The van der Waals surface area contributed by atoms with Crippen LogP contribution in [0.1, 0.15) is 13.8 Å². The van der Waals surface area contributed by atoms with Crippen LogP contribution in [0.2, 0.25) is 0 Å². The molecule has 1 unspecified atom stereocenters. The average Bonchev–Trinajstić information content (AvgIpc) is 2.30. The largest absolute Gasteiger partial charge is 0.338 e. The van der Waals surface area contributed by atoms with Crippen LogP contribution in [0.15, 0.2) is 12.4 Å². The number of piperazine rings is 1. The Morgan fingerprint density at radius 1 is 1.38 bits per heavy atom. The van der Waals surface area contributed by atoms with Crippen molar-refractivity contribution in [1.29, 1.82) is 0 Å². The van der Waals surface area contributed by atoms with Crippen LogP contribution < -0.4 is 4.90 Å². The van der Waals surface area contributed by atoms with Gasteiger partial charge in [0.05, 0.1) is 0 Å². The molecule has 1 aliphatic heterocycles. The van der Waals surface area contributed by atoms with Crippen LogP contribution in [0.5, 0.6) is 0 Å². The fourth-order valence-corrected chi connectivity index (χ4v) is 2.39. The number of hydrogen-bond donors (Lipinski definition) is 0. The van der Waals surface area contributed by atoms with Gasteiger partial charge < -0.3 is 4.90 Å². The zero-order valence-electron chi connectivity index (χ0n) is 9.73. The summed E-state index contributed by atoms with van der Waals surface area (Å²) in [6.07, 6.45) is 3.75. The van der Waals surface area contributed by atoms with Crippen molar-refractivity contribution in [3.8, 4) is 0 Å². The summed E-state index contributed by atoms with van der Waals surface area (Å²) in [5.41, 5.74) is 0. The summed E-state index contributed by atoms with van der Waals surface area (Å²) in [4.78, 5) is 13.5. The van der Waals surface area contributed by atoms with E-state index in [1.54, 1.807) is 0 Å². The van der Waals surface area contributed by atoms with Gasteiger partial charge in [0.1, 0.15) is 0 Å². The molecule has 5 heteroatoms. The summed E-state index contributed by atoms with van der Waals surface area (Å²) in [6.45, 7) is 8.76. The van der Waals surface area contributed by atoms with E-state index in [0.29, 0.717) is 6.04 Å². The van der Waals surface area contributed by atoms with E-state index in [9.17, 15) is 0 Å². The van der Waals surface area contributed by atoms with Crippen LogP contribution in [-0.4, -0.2) is 47.1 Å². The molecule has 4 nitrogen and oxygen atoms in total. The van der Waals surface area contributed by atoms with Crippen molar-refractivity contribution in [1.82, 2.24) is 14.9 Å². The maximum Gasteiger partial charge on any atom is 0.225 e. The van der Waals surface area contributed by atoms with Gasteiger partial charge in [0.25, 0.3) is 0 Å². The first-order valence-electron chi connectivity index (χ1n) is 5.67. The van der Waals surface area contributed by atoms with E-state index in [0.717, 1.165) is 35.7 Å². The Bertz CT molecular complexity index is 340. The van der Waals surface area contributed by atoms with Crippen LogP contribution in [0.4, 0.5) is 5.95 Å². The first kappa shape index (κ1) is 12.0. The molecule has 1 fully saturated rings. The lowest BCUT2D eigenvalue weighted by Crippen LogP contribution is -2.52. The number of halogens is 1. The lowest BCUT2D eigenvalue weighted by molar-refractivity contribution is 0.198. The minimum absolute atomic E-state index is 0.585. The lowest BCUT2D eigenvalue weighted by atomic mass is 10.2. The number of rotatable bonds is 2. The van der Waals surface area contributed by atoms with Gasteiger partial charge in [-0.1, -0.05) is 6.92 Å². The predicted molar refractivity (Wildman–Crippen MR) is 73.7 cm³/mol. The molecule has 2 heterocycles. The molecule has 88 valence electrons. The van der Waals surface area contributed by atoms with Crippen LogP contribution in [0.25, 0.3) is 0 Å². The lowest BCUT2D eigenvalue weighted by Gasteiger charge is -2.39. The number of nitrogens with zero attached hydrogens (tertiary/aromatic N) is 4. The van der Waals surface area contributed by atoms with E-state index >= 15 is 0 Å². The van der Waals surface area contributed by atoms with Crippen molar-refractivity contribution >= 4 is 28.5 Å². The van der Waals surface area contributed by atoms with Gasteiger partial charge in [-0.25, -0.2) is 9.97 Å². The van der Waals surface area contributed by atoms with Crippen LogP contribution in [0.3, 0.4) is 0 Å². The Kier molecular flexibility index (Phi) is 3.96. The van der Waals surface area contributed by atoms with Gasteiger partial charge in [-0.05, 0) is 36.1 Å². The van der Waals surface area contributed by atoms with Crippen molar-refractivity contribution in [3.05, 3.63) is 16.0 Å². The Hall–Kier alpha value is -0.430. The van der Waals surface area contributed by atoms with Crippen molar-refractivity contribution < 1.29 is 0 Å². The molecule has 0 saturated carbocycles. The summed E-state index contributed by atoms with van der Waals surface area (Å²) in [5.74, 6) is 0.864. The Balaban J connectivity index is 2.04. The monoisotopic (exact) mass is 332 g/mol. The summed E-state index contributed by atoms with van der Waals surface area (Å²) in [7, 11) is 0. The minimum Gasteiger partial charge on any atom is -0.338 e. The van der Waals surface area contributed by atoms with Gasteiger partial charge in [0.15, 0.2) is 0 Å². The van der Waals surface area contributed by atoms with Crippen LogP contribution in [-0.2, 0) is 0 Å². The summed E-state index contributed by atoms with van der Waals surface area (Å²) in [6, 6.07) is 0.585. The van der Waals surface area contributed by atoms with E-state index in [1.807, 2.05) is 12.4 Å². The molecule has 0 N–H and O–H groups in total. The molecule has 2 rings (SSSR count). The second-order valence-electron chi connectivity index (χ2n) is 4.12. The van der Waals surface area contributed by atoms with Crippen molar-refractivity contribution in [2.75, 3.05) is 31.1 Å². The molecule has 1 atom stereocenters. The van der Waals surface area contributed by atoms with Gasteiger partial charge in [-0.3, -0.25) is 4.90 Å². The molecular formula is C11H17IN4. The number of hydrogen-bond acceptors (Lipinski definition) is 4. The van der Waals surface area contributed by atoms with Gasteiger partial charge >= 0.3 is 0 Å². The standard InChI is InChI=1S/C11H17IN4/c1-3-15-4-5-16(8-9(15)2)11-13-6-10(12)7-14-11/h6-7,9H,3-5,8H2,1-2H3. The van der Waals surface area contributed by atoms with Crippen molar-refractivity contribution in [2.24, 2.45) is 0 Å². The van der Waals surface area contributed by atoms with E-state index in [-0.39, 0.29) is 0 Å². The molecule has 0 aliphatic carbocycles. The van der Waals surface area contributed by atoms with Gasteiger partial charge in [0.2, 0.25) is 5.95 Å². The SMILES string of the molecule is CCN1CCN(c2ncc(I)cn2)CC1C. The van der Waals surface area contributed by atoms with E-state index in [4.69, 9.17) is 0 Å². The van der Waals surface area contributed by atoms with E-state index in [1.165, 1.54) is 0 Å². The zero-order chi connectivity index (χ0) is 11.5. The highest BCUT2D eigenvalue weighted by Crippen LogP contribution is 2.14. The van der Waals surface area contributed by atoms with Crippen LogP contribution in [0, 0.1) is 3.57 Å². The minimum atomic E-state index is 0.585. The molecule has 1 saturated heterocycles. The second kappa shape index (κ2) is 5.27. The van der Waals surface area contributed by atoms with Crippen molar-refractivity contribution in [3.63, 3.8) is 0 Å². The smallest absolute Gasteiger partial charge is 0.225 e. The molecule has 1 aromatic heterocycles. The van der Waals surface area contributed by atoms with Gasteiger partial charge in [0, 0.05) is 41.6 Å². The highest BCUT2D eigenvalue weighted by Gasteiger charge is 2.23. The molecule has 1 aliphatic rings. The molecule has 16 heavy (non-hydrogen) atoms. The van der Waals surface area contributed by atoms with Gasteiger partial charge in [-0.15, -0.1) is 0 Å². The van der Waals surface area contributed by atoms with Gasteiger partial charge in [-0.2, -0.15) is 0 Å². The number of likely N-dealkylation sites (N-methyl/N-ethyl adjacent to an activating group) is 1. The topological polar surface area (TPSA) is 32.3 Å². The molecule has 0 radical (unpaired) electrons. The average molecular weight is 332 g/mol. The maximum absolute atomic E-state index is 4.38. The molecule has 1 aromatic rings. The highest BCUT2D eigenvalue weighted by molar-refractivity contribution is 14.1. The molecule has 0 spiro atoms. The first-order chi connectivity index (χ1) is 7.70. The fourth-order valence-electron chi connectivity index (χ4n) is 2.12. The Morgan fingerprint density at radius 3 is 2.62 bits per heavy atom. The number of anilines is 1. The summed E-state index contributed by atoms with van der Waals surface area (Å²) >= 11 is 2.23. The molecule has 0 amide bonds. The van der Waals surface area contributed by atoms with E-state index < -0.39 is 0 Å². The quantitative estimate of drug-likeness (QED) is 0.771. The second-order valence-corrected chi connectivity index (χ2v) is 5.37. The third kappa shape index (κ3) is 2.63. The zero-order valence-corrected chi connectivity index (χ0v) is 11.9. The molecular weight excluding hydrogens is 315 g/mol.